The van der Waals surface area contributed by atoms with E-state index in [1.165, 1.54) is 24.0 Å². The van der Waals surface area contributed by atoms with E-state index in [4.69, 9.17) is 0 Å². The Morgan fingerprint density at radius 2 is 1.69 bits per heavy atom. The average molecular weight is 219 g/mol. The fraction of sp³-hybridized carbons (Fsp3) is 0.600. The van der Waals surface area contributed by atoms with E-state index in [1.807, 2.05) is 0 Å². The first kappa shape index (κ1) is 13.2. The normalized spacial score (nSPS) is 13.1. The molecule has 0 aliphatic heterocycles. The highest BCUT2D eigenvalue weighted by Gasteiger charge is 2.03. The molecular weight excluding hydrogens is 194 g/mol. The minimum atomic E-state index is 0.599. The summed E-state index contributed by atoms with van der Waals surface area (Å²) in [6.45, 7) is 9.99. The molecule has 0 amide bonds. The molecule has 1 nitrogen and oxygen atoms in total. The first-order valence-corrected chi connectivity index (χ1v) is 6.37. The molecule has 1 heteroatoms. The van der Waals surface area contributed by atoms with Gasteiger partial charge in [-0.2, -0.15) is 0 Å². The maximum Gasteiger partial charge on any atom is 0.00104 e. The summed E-state index contributed by atoms with van der Waals surface area (Å²) < 4.78 is 0. The Hall–Kier alpha value is -0.820. The van der Waals surface area contributed by atoms with Crippen molar-refractivity contribution in [2.45, 2.75) is 46.6 Å². The van der Waals surface area contributed by atoms with Gasteiger partial charge in [-0.1, -0.05) is 50.6 Å². The summed E-state index contributed by atoms with van der Waals surface area (Å²) in [6, 6.07) is 9.50. The molecule has 0 radical (unpaired) electrons. The van der Waals surface area contributed by atoms with E-state index >= 15 is 0 Å². The van der Waals surface area contributed by atoms with Crippen molar-refractivity contribution >= 4 is 0 Å². The van der Waals surface area contributed by atoms with E-state index in [-0.39, 0.29) is 0 Å². The van der Waals surface area contributed by atoms with Crippen molar-refractivity contribution in [2.24, 2.45) is 5.92 Å². The SMILES string of the molecule is Cc1ccc(CCC(C)CNC(C)C)cc1. The van der Waals surface area contributed by atoms with Crippen LogP contribution in [0.25, 0.3) is 0 Å². The van der Waals surface area contributed by atoms with E-state index in [0.29, 0.717) is 6.04 Å². The molecule has 0 saturated heterocycles. The van der Waals surface area contributed by atoms with Gasteiger partial charge in [0.25, 0.3) is 0 Å². The predicted molar refractivity (Wildman–Crippen MR) is 71.8 cm³/mol. The second kappa shape index (κ2) is 6.70. The molecule has 0 aliphatic carbocycles. The summed E-state index contributed by atoms with van der Waals surface area (Å²) >= 11 is 0. The second-order valence-electron chi connectivity index (χ2n) is 5.19. The fourth-order valence-corrected chi connectivity index (χ4v) is 1.71. The monoisotopic (exact) mass is 219 g/mol. The number of benzene rings is 1. The lowest BCUT2D eigenvalue weighted by Gasteiger charge is -2.14. The largest absolute Gasteiger partial charge is 0.314 e. The minimum Gasteiger partial charge on any atom is -0.314 e. The Balaban J connectivity index is 2.26. The number of hydrogen-bond acceptors (Lipinski definition) is 1. The van der Waals surface area contributed by atoms with Gasteiger partial charge in [-0.25, -0.2) is 0 Å². The van der Waals surface area contributed by atoms with E-state index in [0.717, 1.165) is 12.5 Å². The first-order chi connectivity index (χ1) is 7.58. The highest BCUT2D eigenvalue weighted by atomic mass is 14.9. The highest BCUT2D eigenvalue weighted by Crippen LogP contribution is 2.10. The highest BCUT2D eigenvalue weighted by molar-refractivity contribution is 5.21. The van der Waals surface area contributed by atoms with Crippen molar-refractivity contribution in [1.82, 2.24) is 5.32 Å². The van der Waals surface area contributed by atoms with Crippen LogP contribution < -0.4 is 5.32 Å². The molecule has 1 atom stereocenters. The van der Waals surface area contributed by atoms with Gasteiger partial charge >= 0.3 is 0 Å². The van der Waals surface area contributed by atoms with Gasteiger partial charge in [0.2, 0.25) is 0 Å². The minimum absolute atomic E-state index is 0.599. The Morgan fingerprint density at radius 1 is 1.06 bits per heavy atom. The second-order valence-corrected chi connectivity index (χ2v) is 5.19. The Kier molecular flexibility index (Phi) is 5.54. The van der Waals surface area contributed by atoms with Crippen molar-refractivity contribution in [1.29, 1.82) is 0 Å². The summed E-state index contributed by atoms with van der Waals surface area (Å²) in [5, 5.41) is 3.49. The summed E-state index contributed by atoms with van der Waals surface area (Å²) in [5.74, 6) is 0.753. The molecule has 0 spiro atoms. The van der Waals surface area contributed by atoms with E-state index in [2.05, 4.69) is 57.3 Å². The van der Waals surface area contributed by atoms with Crippen LogP contribution >= 0.6 is 0 Å². The van der Waals surface area contributed by atoms with Crippen LogP contribution in [0.15, 0.2) is 24.3 Å². The molecule has 0 saturated carbocycles. The fourth-order valence-electron chi connectivity index (χ4n) is 1.71. The van der Waals surface area contributed by atoms with Crippen LogP contribution in [0, 0.1) is 12.8 Å². The van der Waals surface area contributed by atoms with Gasteiger partial charge in [0.1, 0.15) is 0 Å². The third-order valence-corrected chi connectivity index (χ3v) is 2.92. The molecule has 90 valence electrons. The molecular formula is C15H25N. The maximum absolute atomic E-state index is 3.49. The standard InChI is InChI=1S/C15H25N/c1-12(2)16-11-14(4)7-10-15-8-5-13(3)6-9-15/h5-6,8-9,12,14,16H,7,10-11H2,1-4H3. The van der Waals surface area contributed by atoms with Crippen molar-refractivity contribution in [2.75, 3.05) is 6.54 Å². The molecule has 1 aromatic rings. The van der Waals surface area contributed by atoms with Crippen LogP contribution in [-0.4, -0.2) is 12.6 Å². The zero-order valence-corrected chi connectivity index (χ0v) is 11.1. The van der Waals surface area contributed by atoms with Gasteiger partial charge in [-0.3, -0.25) is 0 Å². The van der Waals surface area contributed by atoms with Crippen molar-refractivity contribution in [3.05, 3.63) is 35.4 Å². The van der Waals surface area contributed by atoms with Crippen LogP contribution in [0.5, 0.6) is 0 Å². The van der Waals surface area contributed by atoms with Gasteiger partial charge in [-0.05, 0) is 37.8 Å². The van der Waals surface area contributed by atoms with Gasteiger partial charge in [0.05, 0.1) is 0 Å². The maximum atomic E-state index is 3.49. The Labute approximate surface area is 100 Å². The quantitative estimate of drug-likeness (QED) is 0.771. The van der Waals surface area contributed by atoms with Crippen LogP contribution in [0.4, 0.5) is 0 Å². The van der Waals surface area contributed by atoms with Gasteiger partial charge in [-0.15, -0.1) is 0 Å². The van der Waals surface area contributed by atoms with Gasteiger partial charge < -0.3 is 5.32 Å². The molecule has 0 bridgehead atoms. The van der Waals surface area contributed by atoms with Crippen LogP contribution in [0.2, 0.25) is 0 Å². The smallest absolute Gasteiger partial charge is 0.00104 e. The van der Waals surface area contributed by atoms with Crippen LogP contribution in [0.3, 0.4) is 0 Å². The molecule has 1 aromatic carbocycles. The van der Waals surface area contributed by atoms with Crippen molar-refractivity contribution < 1.29 is 0 Å². The lowest BCUT2D eigenvalue weighted by atomic mass is 10.0. The summed E-state index contributed by atoms with van der Waals surface area (Å²) in [5.41, 5.74) is 2.81. The molecule has 1 unspecified atom stereocenters. The van der Waals surface area contributed by atoms with Crippen LogP contribution in [0.1, 0.15) is 38.3 Å². The predicted octanol–water partition coefficient (Wildman–Crippen LogP) is 3.56. The number of hydrogen-bond donors (Lipinski definition) is 1. The molecule has 1 rings (SSSR count). The molecule has 16 heavy (non-hydrogen) atoms. The molecule has 0 heterocycles. The number of nitrogens with one attached hydrogen (secondary N) is 1. The van der Waals surface area contributed by atoms with Gasteiger partial charge in [0.15, 0.2) is 0 Å². The van der Waals surface area contributed by atoms with Crippen molar-refractivity contribution in [3.8, 4) is 0 Å². The third kappa shape index (κ3) is 5.32. The van der Waals surface area contributed by atoms with E-state index in [9.17, 15) is 0 Å². The van der Waals surface area contributed by atoms with Gasteiger partial charge in [0, 0.05) is 6.04 Å². The number of aryl methyl sites for hydroxylation is 2. The summed E-state index contributed by atoms with van der Waals surface area (Å²) in [4.78, 5) is 0. The average Bonchev–Trinajstić information content (AvgIpc) is 2.25. The van der Waals surface area contributed by atoms with E-state index < -0.39 is 0 Å². The molecule has 1 N–H and O–H groups in total. The van der Waals surface area contributed by atoms with Crippen molar-refractivity contribution in [3.63, 3.8) is 0 Å². The topological polar surface area (TPSA) is 12.0 Å². The molecule has 0 aromatic heterocycles. The Bertz CT molecular complexity index is 287. The number of rotatable bonds is 6. The zero-order valence-electron chi connectivity index (χ0n) is 11.1. The molecule has 0 aliphatic rings. The third-order valence-electron chi connectivity index (χ3n) is 2.92. The lowest BCUT2D eigenvalue weighted by Crippen LogP contribution is -2.28. The zero-order chi connectivity index (χ0) is 12.0. The first-order valence-electron chi connectivity index (χ1n) is 6.37. The summed E-state index contributed by atoms with van der Waals surface area (Å²) in [7, 11) is 0. The van der Waals surface area contributed by atoms with E-state index in [1.54, 1.807) is 0 Å². The van der Waals surface area contributed by atoms with Crippen LogP contribution in [-0.2, 0) is 6.42 Å². The lowest BCUT2D eigenvalue weighted by molar-refractivity contribution is 0.454. The molecule has 0 fully saturated rings. The summed E-state index contributed by atoms with van der Waals surface area (Å²) in [6.07, 6.45) is 2.46. The Morgan fingerprint density at radius 3 is 2.25 bits per heavy atom.